The standard InChI is InChI=1S/C13H17BrO2S/c1-3-16-12(15)13(2,9-10-14)17-11-7-5-4-6-8-11/h4-8H,3,9-10H2,1-2H3. The van der Waals surface area contributed by atoms with Crippen molar-refractivity contribution in [1.29, 1.82) is 0 Å². The first-order chi connectivity index (χ1) is 8.12. The third-order valence-corrected chi connectivity index (χ3v) is 4.09. The van der Waals surface area contributed by atoms with Crippen LogP contribution in [0.1, 0.15) is 20.3 Å². The van der Waals surface area contributed by atoms with E-state index in [1.54, 1.807) is 11.8 Å². The number of thioether (sulfide) groups is 1. The Morgan fingerprint density at radius 2 is 2.06 bits per heavy atom. The molecule has 0 fully saturated rings. The Balaban J connectivity index is 2.81. The molecule has 1 atom stereocenters. The highest BCUT2D eigenvalue weighted by molar-refractivity contribution is 9.09. The summed E-state index contributed by atoms with van der Waals surface area (Å²) < 4.78 is 4.62. The zero-order chi connectivity index (χ0) is 12.7. The number of rotatable bonds is 6. The predicted octanol–water partition coefficient (Wildman–Crippen LogP) is 3.89. The number of halogens is 1. The number of carbonyl (C=O) groups is 1. The van der Waals surface area contributed by atoms with Gasteiger partial charge in [-0.15, -0.1) is 11.8 Å². The average Bonchev–Trinajstić information content (AvgIpc) is 2.31. The van der Waals surface area contributed by atoms with Gasteiger partial charge < -0.3 is 4.74 Å². The highest BCUT2D eigenvalue weighted by atomic mass is 79.9. The lowest BCUT2D eigenvalue weighted by molar-refractivity contribution is -0.145. The van der Waals surface area contributed by atoms with Crippen LogP contribution in [0.5, 0.6) is 0 Å². The van der Waals surface area contributed by atoms with E-state index in [1.165, 1.54) is 0 Å². The summed E-state index contributed by atoms with van der Waals surface area (Å²) in [5.74, 6) is -0.145. The third-order valence-electron chi connectivity index (χ3n) is 2.37. The van der Waals surface area contributed by atoms with E-state index in [9.17, 15) is 4.79 Å². The minimum Gasteiger partial charge on any atom is -0.465 e. The molecule has 0 amide bonds. The molecule has 0 radical (unpaired) electrons. The molecule has 0 bridgehead atoms. The van der Waals surface area contributed by atoms with Gasteiger partial charge in [0.2, 0.25) is 0 Å². The van der Waals surface area contributed by atoms with E-state index in [0.29, 0.717) is 6.61 Å². The van der Waals surface area contributed by atoms with Crippen molar-refractivity contribution in [3.63, 3.8) is 0 Å². The number of hydrogen-bond donors (Lipinski definition) is 0. The molecule has 0 aliphatic rings. The molecule has 0 spiro atoms. The van der Waals surface area contributed by atoms with Gasteiger partial charge in [-0.3, -0.25) is 4.79 Å². The van der Waals surface area contributed by atoms with Crippen LogP contribution in [0.25, 0.3) is 0 Å². The number of carbonyl (C=O) groups excluding carboxylic acids is 1. The van der Waals surface area contributed by atoms with Crippen LogP contribution >= 0.6 is 27.7 Å². The summed E-state index contributed by atoms with van der Waals surface area (Å²) in [4.78, 5) is 13.1. The van der Waals surface area contributed by atoms with Crippen molar-refractivity contribution in [3.05, 3.63) is 30.3 Å². The summed E-state index contributed by atoms with van der Waals surface area (Å²) in [6.07, 6.45) is 0.741. The fourth-order valence-corrected chi connectivity index (χ4v) is 3.62. The molecule has 0 N–H and O–H groups in total. The molecule has 1 rings (SSSR count). The van der Waals surface area contributed by atoms with Gasteiger partial charge in [0.25, 0.3) is 0 Å². The van der Waals surface area contributed by atoms with E-state index >= 15 is 0 Å². The van der Waals surface area contributed by atoms with E-state index < -0.39 is 4.75 Å². The Morgan fingerprint density at radius 3 is 2.59 bits per heavy atom. The van der Waals surface area contributed by atoms with Crippen molar-refractivity contribution in [2.45, 2.75) is 29.9 Å². The lowest BCUT2D eigenvalue weighted by atomic mass is 10.1. The summed E-state index contributed by atoms with van der Waals surface area (Å²) in [5.41, 5.74) is 0. The van der Waals surface area contributed by atoms with Gasteiger partial charge >= 0.3 is 5.97 Å². The maximum atomic E-state index is 12.0. The van der Waals surface area contributed by atoms with Crippen molar-refractivity contribution >= 4 is 33.7 Å². The highest BCUT2D eigenvalue weighted by Crippen LogP contribution is 2.36. The van der Waals surface area contributed by atoms with Crippen LogP contribution in [0.2, 0.25) is 0 Å². The van der Waals surface area contributed by atoms with Crippen LogP contribution in [0.4, 0.5) is 0 Å². The van der Waals surface area contributed by atoms with Gasteiger partial charge in [-0.05, 0) is 32.4 Å². The average molecular weight is 317 g/mol. The van der Waals surface area contributed by atoms with E-state index in [0.717, 1.165) is 16.6 Å². The van der Waals surface area contributed by atoms with E-state index in [-0.39, 0.29) is 5.97 Å². The molecule has 0 aromatic heterocycles. The van der Waals surface area contributed by atoms with E-state index in [2.05, 4.69) is 15.9 Å². The predicted molar refractivity (Wildman–Crippen MR) is 75.7 cm³/mol. The van der Waals surface area contributed by atoms with Crippen molar-refractivity contribution in [1.82, 2.24) is 0 Å². The molecular formula is C13H17BrO2S. The molecular weight excluding hydrogens is 300 g/mol. The first-order valence-corrected chi connectivity index (χ1v) is 7.53. The molecule has 94 valence electrons. The minimum absolute atomic E-state index is 0.145. The Morgan fingerprint density at radius 1 is 1.41 bits per heavy atom. The van der Waals surface area contributed by atoms with Gasteiger partial charge in [0.15, 0.2) is 0 Å². The second kappa shape index (κ2) is 7.07. The topological polar surface area (TPSA) is 26.3 Å². The van der Waals surface area contributed by atoms with Gasteiger partial charge in [-0.25, -0.2) is 0 Å². The van der Waals surface area contributed by atoms with Crippen LogP contribution in [-0.2, 0) is 9.53 Å². The molecule has 4 heteroatoms. The van der Waals surface area contributed by atoms with Crippen LogP contribution in [0, 0.1) is 0 Å². The number of hydrogen-bond acceptors (Lipinski definition) is 3. The van der Waals surface area contributed by atoms with Crippen molar-refractivity contribution in [2.24, 2.45) is 0 Å². The Hall–Kier alpha value is -0.480. The number of benzene rings is 1. The lowest BCUT2D eigenvalue weighted by Crippen LogP contribution is -2.34. The summed E-state index contributed by atoms with van der Waals surface area (Å²) in [5, 5.41) is 0.780. The largest absolute Gasteiger partial charge is 0.465 e. The van der Waals surface area contributed by atoms with Crippen LogP contribution in [-0.4, -0.2) is 22.7 Å². The summed E-state index contributed by atoms with van der Waals surface area (Å²) in [6.45, 7) is 4.19. The van der Waals surface area contributed by atoms with Gasteiger partial charge in [0.05, 0.1) is 6.61 Å². The monoisotopic (exact) mass is 316 g/mol. The maximum absolute atomic E-state index is 12.0. The van der Waals surface area contributed by atoms with E-state index in [1.807, 2.05) is 44.2 Å². The van der Waals surface area contributed by atoms with Crippen molar-refractivity contribution in [2.75, 3.05) is 11.9 Å². The van der Waals surface area contributed by atoms with Gasteiger partial charge in [0, 0.05) is 10.2 Å². The molecule has 0 aliphatic carbocycles. The molecule has 17 heavy (non-hydrogen) atoms. The molecule has 1 unspecified atom stereocenters. The molecule has 0 aliphatic heterocycles. The molecule has 2 nitrogen and oxygen atoms in total. The number of alkyl halides is 1. The molecule has 1 aromatic rings. The normalized spacial score (nSPS) is 14.1. The quantitative estimate of drug-likeness (QED) is 0.452. The van der Waals surface area contributed by atoms with Crippen molar-refractivity contribution in [3.8, 4) is 0 Å². The molecule has 0 saturated heterocycles. The van der Waals surface area contributed by atoms with Crippen LogP contribution < -0.4 is 0 Å². The fourth-order valence-electron chi connectivity index (χ4n) is 1.41. The Kier molecular flexibility index (Phi) is 6.06. The molecule has 1 aromatic carbocycles. The van der Waals surface area contributed by atoms with Gasteiger partial charge in [-0.2, -0.15) is 0 Å². The summed E-state index contributed by atoms with van der Waals surface area (Å²) >= 11 is 4.96. The Labute approximate surface area is 115 Å². The fraction of sp³-hybridized carbons (Fsp3) is 0.462. The highest BCUT2D eigenvalue weighted by Gasteiger charge is 2.35. The zero-order valence-electron chi connectivity index (χ0n) is 10.1. The van der Waals surface area contributed by atoms with Gasteiger partial charge in [-0.1, -0.05) is 34.1 Å². The first-order valence-electron chi connectivity index (χ1n) is 5.59. The van der Waals surface area contributed by atoms with Gasteiger partial charge in [0.1, 0.15) is 4.75 Å². The molecule has 0 saturated carbocycles. The Bertz CT molecular complexity index is 356. The molecule has 0 heterocycles. The van der Waals surface area contributed by atoms with Crippen LogP contribution in [0.3, 0.4) is 0 Å². The number of ether oxygens (including phenoxy) is 1. The second-order valence-electron chi connectivity index (χ2n) is 3.81. The third kappa shape index (κ3) is 4.36. The van der Waals surface area contributed by atoms with Crippen LogP contribution in [0.15, 0.2) is 35.2 Å². The minimum atomic E-state index is -0.527. The zero-order valence-corrected chi connectivity index (χ0v) is 12.5. The second-order valence-corrected chi connectivity index (χ2v) is 6.17. The smallest absolute Gasteiger partial charge is 0.322 e. The number of esters is 1. The van der Waals surface area contributed by atoms with Crippen molar-refractivity contribution < 1.29 is 9.53 Å². The first kappa shape index (κ1) is 14.6. The summed E-state index contributed by atoms with van der Waals surface area (Å²) in [6, 6.07) is 9.94. The SMILES string of the molecule is CCOC(=O)C(C)(CCBr)Sc1ccccc1. The summed E-state index contributed by atoms with van der Waals surface area (Å²) in [7, 11) is 0. The lowest BCUT2D eigenvalue weighted by Gasteiger charge is -2.25. The maximum Gasteiger partial charge on any atom is 0.322 e. The van der Waals surface area contributed by atoms with E-state index in [4.69, 9.17) is 4.74 Å².